The van der Waals surface area contributed by atoms with Crippen LogP contribution in [0.1, 0.15) is 48.6 Å². The third-order valence-electron chi connectivity index (χ3n) is 12.6. The van der Waals surface area contributed by atoms with Crippen LogP contribution in [-0.4, -0.2) is 0 Å². The van der Waals surface area contributed by atoms with E-state index >= 15 is 0 Å². The van der Waals surface area contributed by atoms with Gasteiger partial charge in [0, 0.05) is 38.7 Å². The predicted octanol–water partition coefficient (Wildman–Crippen LogP) is 14.4. The first-order valence-corrected chi connectivity index (χ1v) is 19.3. The highest BCUT2D eigenvalue weighted by Gasteiger charge is 2.42. The lowest BCUT2D eigenvalue weighted by molar-refractivity contribution is 0.660. The summed E-state index contributed by atoms with van der Waals surface area (Å²) in [6.45, 7) is 7.07. The van der Waals surface area contributed by atoms with E-state index in [1.807, 2.05) is 0 Å². The van der Waals surface area contributed by atoms with Gasteiger partial charge in [-0.05, 0) is 123 Å². The Kier molecular flexibility index (Phi) is 6.76. The van der Waals surface area contributed by atoms with Crippen molar-refractivity contribution >= 4 is 39.0 Å². The number of hydrogen-bond acceptors (Lipinski definition) is 2. The maximum Gasteiger partial charge on any atom is 0.135 e. The zero-order chi connectivity index (χ0) is 36.9. The third-order valence-corrected chi connectivity index (χ3v) is 12.6. The standard InChI is InChI=1S/C53H39NO/c1-52(2)44-19-10-7-16-39(44)42-30-29-38(33-48(42)52)54(36-14-5-4-6-15-36)37-27-24-34(25-28-37)35-26-31-49-43(32-35)51-47(22-13-23-50(51)55-49)53(3)45-20-11-8-17-40(45)41-18-9-12-21-46(41)53/h4-33H,1-3H3. The van der Waals surface area contributed by atoms with E-state index in [2.05, 4.69) is 208 Å². The molecule has 55 heavy (non-hydrogen) atoms. The van der Waals surface area contributed by atoms with Crippen LogP contribution < -0.4 is 4.90 Å². The topological polar surface area (TPSA) is 16.4 Å². The van der Waals surface area contributed by atoms with Gasteiger partial charge in [0.15, 0.2) is 0 Å². The molecule has 1 heterocycles. The van der Waals surface area contributed by atoms with E-state index in [9.17, 15) is 0 Å². The Morgan fingerprint density at radius 1 is 0.382 bits per heavy atom. The number of nitrogens with zero attached hydrogens (tertiary/aromatic N) is 1. The Bertz CT molecular complexity index is 2920. The molecule has 262 valence electrons. The molecule has 2 aliphatic carbocycles. The summed E-state index contributed by atoms with van der Waals surface area (Å²) in [5.41, 5.74) is 19.1. The van der Waals surface area contributed by atoms with Crippen LogP contribution in [0.2, 0.25) is 0 Å². The fourth-order valence-corrected chi connectivity index (χ4v) is 9.82. The molecule has 0 atom stereocenters. The molecule has 0 N–H and O–H groups in total. The van der Waals surface area contributed by atoms with Crippen LogP contribution in [0.4, 0.5) is 17.1 Å². The summed E-state index contributed by atoms with van der Waals surface area (Å²) in [6, 6.07) is 66.5. The molecule has 0 saturated heterocycles. The van der Waals surface area contributed by atoms with Crippen LogP contribution in [0.25, 0.3) is 55.3 Å². The van der Waals surface area contributed by atoms with Gasteiger partial charge in [0.2, 0.25) is 0 Å². The average molecular weight is 706 g/mol. The van der Waals surface area contributed by atoms with Crippen molar-refractivity contribution < 1.29 is 4.42 Å². The Labute approximate surface area is 322 Å². The number of rotatable bonds is 5. The van der Waals surface area contributed by atoms with Gasteiger partial charge in [-0.3, -0.25) is 0 Å². The third kappa shape index (κ3) is 4.55. The van der Waals surface area contributed by atoms with E-state index in [0.29, 0.717) is 0 Å². The fraction of sp³-hybridized carbons (Fsp3) is 0.0943. The molecule has 0 amide bonds. The lowest BCUT2D eigenvalue weighted by atomic mass is 9.73. The van der Waals surface area contributed by atoms with Gasteiger partial charge in [-0.2, -0.15) is 0 Å². The Hall–Kier alpha value is -6.64. The highest BCUT2D eigenvalue weighted by atomic mass is 16.3. The molecule has 2 heteroatoms. The zero-order valence-corrected chi connectivity index (χ0v) is 31.2. The van der Waals surface area contributed by atoms with Crippen molar-refractivity contribution in [1.82, 2.24) is 0 Å². The molecule has 0 unspecified atom stereocenters. The van der Waals surface area contributed by atoms with E-state index in [-0.39, 0.29) is 10.8 Å². The fourth-order valence-electron chi connectivity index (χ4n) is 9.82. The molecule has 9 aromatic rings. The van der Waals surface area contributed by atoms with Crippen molar-refractivity contribution in [3.8, 4) is 33.4 Å². The molecule has 11 rings (SSSR count). The van der Waals surface area contributed by atoms with Crippen molar-refractivity contribution in [3.63, 3.8) is 0 Å². The van der Waals surface area contributed by atoms with Crippen LogP contribution in [0.15, 0.2) is 186 Å². The molecule has 0 saturated carbocycles. The summed E-state index contributed by atoms with van der Waals surface area (Å²) in [6.07, 6.45) is 0. The smallest absolute Gasteiger partial charge is 0.135 e. The summed E-state index contributed by atoms with van der Waals surface area (Å²) in [5, 5.41) is 2.32. The SMILES string of the molecule is CC1(C)c2ccccc2-c2ccc(N(c3ccccc3)c3ccc(-c4ccc5oc6cccc(C7(C)c8ccccc8-c8ccccc87)c6c5c4)cc3)cc21. The van der Waals surface area contributed by atoms with Gasteiger partial charge in [0.1, 0.15) is 11.2 Å². The number of hydrogen-bond donors (Lipinski definition) is 0. The van der Waals surface area contributed by atoms with E-state index in [0.717, 1.165) is 39.2 Å². The van der Waals surface area contributed by atoms with Crippen LogP contribution in [0.3, 0.4) is 0 Å². The minimum atomic E-state index is -0.322. The van der Waals surface area contributed by atoms with Crippen molar-refractivity contribution in [1.29, 1.82) is 0 Å². The first-order chi connectivity index (χ1) is 26.9. The van der Waals surface area contributed by atoms with Crippen LogP contribution >= 0.6 is 0 Å². The van der Waals surface area contributed by atoms with Gasteiger partial charge in [0.05, 0.1) is 0 Å². The molecule has 0 radical (unpaired) electrons. The molecule has 0 bridgehead atoms. The monoisotopic (exact) mass is 705 g/mol. The molecular weight excluding hydrogens is 667 g/mol. The quantitative estimate of drug-likeness (QED) is 0.177. The van der Waals surface area contributed by atoms with Gasteiger partial charge < -0.3 is 9.32 Å². The summed E-state index contributed by atoms with van der Waals surface area (Å²) in [4.78, 5) is 2.38. The van der Waals surface area contributed by atoms with Gasteiger partial charge in [-0.15, -0.1) is 0 Å². The lowest BCUT2D eigenvalue weighted by Crippen LogP contribution is -2.22. The largest absolute Gasteiger partial charge is 0.456 e. The van der Waals surface area contributed by atoms with Crippen molar-refractivity contribution in [3.05, 3.63) is 210 Å². The maximum atomic E-state index is 6.57. The summed E-state index contributed by atoms with van der Waals surface area (Å²) in [5.74, 6) is 0. The van der Waals surface area contributed by atoms with Crippen molar-refractivity contribution in [2.45, 2.75) is 31.6 Å². The average Bonchev–Trinajstić information content (AvgIpc) is 3.82. The number of anilines is 3. The molecule has 1 aromatic heterocycles. The highest BCUT2D eigenvalue weighted by molar-refractivity contribution is 6.09. The molecule has 0 spiro atoms. The minimum Gasteiger partial charge on any atom is -0.456 e. The minimum absolute atomic E-state index is 0.0775. The van der Waals surface area contributed by atoms with Crippen molar-refractivity contribution in [2.75, 3.05) is 4.90 Å². The normalized spacial score (nSPS) is 14.4. The van der Waals surface area contributed by atoms with E-state index in [1.165, 1.54) is 61.0 Å². The van der Waals surface area contributed by atoms with Gasteiger partial charge in [0.25, 0.3) is 0 Å². The maximum absolute atomic E-state index is 6.57. The van der Waals surface area contributed by atoms with Crippen LogP contribution in [-0.2, 0) is 10.8 Å². The predicted molar refractivity (Wildman–Crippen MR) is 229 cm³/mol. The van der Waals surface area contributed by atoms with E-state index < -0.39 is 0 Å². The first kappa shape index (κ1) is 31.8. The summed E-state index contributed by atoms with van der Waals surface area (Å²) < 4.78 is 6.57. The number of para-hydroxylation sites is 1. The van der Waals surface area contributed by atoms with Gasteiger partial charge in [-0.25, -0.2) is 0 Å². The molecule has 0 aliphatic heterocycles. The van der Waals surface area contributed by atoms with Gasteiger partial charge >= 0.3 is 0 Å². The molecule has 2 nitrogen and oxygen atoms in total. The molecule has 8 aromatic carbocycles. The molecule has 0 fully saturated rings. The lowest BCUT2D eigenvalue weighted by Gasteiger charge is -2.29. The Balaban J connectivity index is 1.02. The van der Waals surface area contributed by atoms with Crippen LogP contribution in [0.5, 0.6) is 0 Å². The number of benzene rings is 8. The summed E-state index contributed by atoms with van der Waals surface area (Å²) >= 11 is 0. The molecule has 2 aliphatic rings. The molecular formula is C53H39NO. The Morgan fingerprint density at radius 2 is 0.927 bits per heavy atom. The second-order valence-corrected chi connectivity index (χ2v) is 15.8. The number of fused-ring (bicyclic) bond motifs is 9. The number of furan rings is 1. The van der Waals surface area contributed by atoms with E-state index in [4.69, 9.17) is 4.42 Å². The Morgan fingerprint density at radius 3 is 1.64 bits per heavy atom. The summed E-state index contributed by atoms with van der Waals surface area (Å²) in [7, 11) is 0. The van der Waals surface area contributed by atoms with Crippen molar-refractivity contribution in [2.24, 2.45) is 0 Å². The first-order valence-electron chi connectivity index (χ1n) is 19.3. The highest BCUT2D eigenvalue weighted by Crippen LogP contribution is 2.55. The second kappa shape index (κ2) is 11.7. The zero-order valence-electron chi connectivity index (χ0n) is 31.2. The second-order valence-electron chi connectivity index (χ2n) is 15.8. The van der Waals surface area contributed by atoms with E-state index in [1.54, 1.807) is 0 Å². The van der Waals surface area contributed by atoms with Crippen LogP contribution in [0, 0.1) is 0 Å². The van der Waals surface area contributed by atoms with Gasteiger partial charge in [-0.1, -0.05) is 141 Å².